The van der Waals surface area contributed by atoms with Crippen LogP contribution in [0.4, 0.5) is 0 Å². The zero-order valence-electron chi connectivity index (χ0n) is 19.0. The third-order valence-electron chi connectivity index (χ3n) is 5.79. The molecule has 1 aliphatic heterocycles. The van der Waals surface area contributed by atoms with E-state index in [0.29, 0.717) is 30.6 Å². The van der Waals surface area contributed by atoms with Gasteiger partial charge in [-0.15, -0.1) is 0 Å². The van der Waals surface area contributed by atoms with Crippen LogP contribution in [0.25, 0.3) is 0 Å². The summed E-state index contributed by atoms with van der Waals surface area (Å²) in [7, 11) is -6.50. The maximum atomic E-state index is 12.2. The van der Waals surface area contributed by atoms with Crippen LogP contribution in [0.5, 0.6) is 0 Å². The van der Waals surface area contributed by atoms with Crippen molar-refractivity contribution in [3.8, 4) is 0 Å². The summed E-state index contributed by atoms with van der Waals surface area (Å²) in [5.41, 5.74) is 1.10. The zero-order valence-corrected chi connectivity index (χ0v) is 20.6. The van der Waals surface area contributed by atoms with E-state index < -0.39 is 19.9 Å². The largest absolute Gasteiger partial charge is 0.340 e. The van der Waals surface area contributed by atoms with Gasteiger partial charge in [0.05, 0.1) is 17.7 Å². The van der Waals surface area contributed by atoms with Gasteiger partial charge in [0.2, 0.25) is 15.9 Å². The van der Waals surface area contributed by atoms with Crippen LogP contribution in [0, 0.1) is 0 Å². The van der Waals surface area contributed by atoms with Gasteiger partial charge >= 0.3 is 0 Å². The zero-order chi connectivity index (χ0) is 23.2. The van der Waals surface area contributed by atoms with Crippen molar-refractivity contribution >= 4 is 25.8 Å². The highest BCUT2D eigenvalue weighted by atomic mass is 32.2. The van der Waals surface area contributed by atoms with E-state index in [0.717, 1.165) is 44.2 Å². The van der Waals surface area contributed by atoms with Gasteiger partial charge in [-0.1, -0.05) is 19.1 Å². The second kappa shape index (κ2) is 10.9. The molecule has 0 spiro atoms. The molecule has 31 heavy (non-hydrogen) atoms. The van der Waals surface area contributed by atoms with Crippen LogP contribution in [0.3, 0.4) is 0 Å². The first-order chi connectivity index (χ1) is 14.4. The summed E-state index contributed by atoms with van der Waals surface area (Å²) in [5.74, 6) is -0.130. The minimum Gasteiger partial charge on any atom is -0.340 e. The third kappa shape index (κ3) is 7.85. The molecule has 1 aliphatic rings. The predicted octanol–water partition coefficient (Wildman–Crippen LogP) is 1.23. The molecule has 1 saturated heterocycles. The Morgan fingerprint density at radius 1 is 1.03 bits per heavy atom. The lowest BCUT2D eigenvalue weighted by Gasteiger charge is -2.33. The summed E-state index contributed by atoms with van der Waals surface area (Å²) in [6.07, 6.45) is 5.00. The lowest BCUT2D eigenvalue weighted by molar-refractivity contribution is -0.134. The lowest BCUT2D eigenvalue weighted by Crippen LogP contribution is -2.52. The van der Waals surface area contributed by atoms with Gasteiger partial charge in [-0.3, -0.25) is 4.79 Å². The van der Waals surface area contributed by atoms with Crippen LogP contribution < -0.4 is 0 Å². The molecule has 176 valence electrons. The predicted molar refractivity (Wildman–Crippen MR) is 122 cm³/mol. The standard InChI is InChI=1S/C21H35N3O5S2/c1-5-22(18(2)16-19-8-10-20(11-9-19)30(3,26)27)12-6-7-13-23-14-15-24(17-21(23)25)31(4,28)29/h8-11,18H,5-7,12-17H2,1-4H3. The SMILES string of the molecule is CCN(CCCCN1CCN(S(C)(=O)=O)CC1=O)C(C)Cc1ccc(S(C)(=O)=O)cc1. The first-order valence-corrected chi connectivity index (χ1v) is 14.4. The van der Waals surface area contributed by atoms with Crippen molar-refractivity contribution in [1.29, 1.82) is 0 Å². The van der Waals surface area contributed by atoms with Crippen LogP contribution in [-0.2, 0) is 31.1 Å². The second-order valence-corrected chi connectivity index (χ2v) is 12.3. The van der Waals surface area contributed by atoms with Crippen molar-refractivity contribution < 1.29 is 21.6 Å². The van der Waals surface area contributed by atoms with Gasteiger partial charge in [0.1, 0.15) is 0 Å². The van der Waals surface area contributed by atoms with E-state index in [2.05, 4.69) is 18.7 Å². The summed E-state index contributed by atoms with van der Waals surface area (Å²) in [6.45, 7) is 7.51. The molecule has 8 nitrogen and oxygen atoms in total. The first-order valence-electron chi connectivity index (χ1n) is 10.7. The molecule has 1 unspecified atom stereocenters. The average molecular weight is 474 g/mol. The highest BCUT2D eigenvalue weighted by Gasteiger charge is 2.28. The van der Waals surface area contributed by atoms with Gasteiger partial charge < -0.3 is 9.80 Å². The molecule has 0 bridgehead atoms. The Kier molecular flexibility index (Phi) is 9.05. The van der Waals surface area contributed by atoms with Crippen LogP contribution in [-0.4, -0.2) is 94.7 Å². The van der Waals surface area contributed by atoms with Crippen LogP contribution in [0.15, 0.2) is 29.2 Å². The highest BCUT2D eigenvalue weighted by Crippen LogP contribution is 2.15. The van der Waals surface area contributed by atoms with Crippen LogP contribution in [0.2, 0.25) is 0 Å². The maximum Gasteiger partial charge on any atom is 0.237 e. The van der Waals surface area contributed by atoms with Gasteiger partial charge in [-0.25, -0.2) is 16.8 Å². The average Bonchev–Trinajstić information content (AvgIpc) is 2.67. The molecule has 1 aromatic rings. The number of nitrogens with zero attached hydrogens (tertiary/aromatic N) is 3. The molecule has 0 aliphatic carbocycles. The van der Waals surface area contributed by atoms with E-state index >= 15 is 0 Å². The maximum absolute atomic E-state index is 12.2. The fourth-order valence-corrected chi connectivity index (χ4v) is 5.25. The summed E-state index contributed by atoms with van der Waals surface area (Å²) >= 11 is 0. The van der Waals surface area contributed by atoms with E-state index in [1.165, 1.54) is 10.6 Å². The van der Waals surface area contributed by atoms with Crippen LogP contribution >= 0.6 is 0 Å². The van der Waals surface area contributed by atoms with Gasteiger partial charge in [0.15, 0.2) is 9.84 Å². The first kappa shape index (κ1) is 25.8. The van der Waals surface area contributed by atoms with Crippen molar-refractivity contribution in [2.75, 3.05) is 51.8 Å². The summed E-state index contributed by atoms with van der Waals surface area (Å²) in [5, 5.41) is 0. The number of benzene rings is 1. The van der Waals surface area contributed by atoms with Crippen molar-refractivity contribution in [3.05, 3.63) is 29.8 Å². The highest BCUT2D eigenvalue weighted by molar-refractivity contribution is 7.90. The number of sulfonamides is 1. The Labute approximate surface area is 187 Å². The number of amides is 1. The Balaban J connectivity index is 1.77. The Hall–Kier alpha value is -1.49. The van der Waals surface area contributed by atoms with E-state index in [-0.39, 0.29) is 12.5 Å². The van der Waals surface area contributed by atoms with Gasteiger partial charge in [0.25, 0.3) is 0 Å². The molecule has 10 heteroatoms. The van der Waals surface area contributed by atoms with E-state index in [4.69, 9.17) is 0 Å². The number of rotatable bonds is 11. The molecule has 1 fully saturated rings. The van der Waals surface area contributed by atoms with Crippen LogP contribution in [0.1, 0.15) is 32.3 Å². The molecule has 1 aromatic carbocycles. The number of hydrogen-bond acceptors (Lipinski definition) is 6. The van der Waals surface area contributed by atoms with Crippen molar-refractivity contribution in [3.63, 3.8) is 0 Å². The molecular weight excluding hydrogens is 438 g/mol. The summed E-state index contributed by atoms with van der Waals surface area (Å²) in [6, 6.07) is 7.39. The lowest BCUT2D eigenvalue weighted by atomic mass is 10.1. The normalized spacial score (nSPS) is 17.3. The van der Waals surface area contributed by atoms with Gasteiger partial charge in [0, 0.05) is 31.9 Å². The molecule has 0 N–H and O–H groups in total. The number of carbonyl (C=O) groups excluding carboxylic acids is 1. The molecule has 0 radical (unpaired) electrons. The minimum atomic E-state index is -3.32. The molecule has 1 amide bonds. The van der Waals surface area contributed by atoms with E-state index in [9.17, 15) is 21.6 Å². The quantitative estimate of drug-likeness (QED) is 0.449. The Bertz CT molecular complexity index is 946. The summed E-state index contributed by atoms with van der Waals surface area (Å²) < 4.78 is 47.6. The number of unbranched alkanes of at least 4 members (excludes halogenated alkanes) is 1. The third-order valence-corrected chi connectivity index (χ3v) is 8.17. The number of likely N-dealkylation sites (N-methyl/N-ethyl adjacent to an activating group) is 1. The number of sulfone groups is 1. The van der Waals surface area contributed by atoms with E-state index in [1.54, 1.807) is 17.0 Å². The monoisotopic (exact) mass is 473 g/mol. The molecule has 1 atom stereocenters. The minimum absolute atomic E-state index is 0.0604. The molecule has 2 rings (SSSR count). The molecule has 0 aromatic heterocycles. The topological polar surface area (TPSA) is 95.1 Å². The number of hydrogen-bond donors (Lipinski definition) is 0. The Morgan fingerprint density at radius 2 is 1.68 bits per heavy atom. The molecular formula is C21H35N3O5S2. The molecule has 1 heterocycles. The number of piperazine rings is 1. The number of carbonyl (C=O) groups is 1. The fraction of sp³-hybridized carbons (Fsp3) is 0.667. The smallest absolute Gasteiger partial charge is 0.237 e. The Morgan fingerprint density at radius 3 is 2.19 bits per heavy atom. The van der Waals surface area contributed by atoms with Crippen molar-refractivity contribution in [1.82, 2.24) is 14.1 Å². The molecule has 0 saturated carbocycles. The summed E-state index contributed by atoms with van der Waals surface area (Å²) in [4.78, 5) is 16.7. The van der Waals surface area contributed by atoms with Gasteiger partial charge in [-0.2, -0.15) is 4.31 Å². The van der Waals surface area contributed by atoms with Crippen molar-refractivity contribution in [2.24, 2.45) is 0 Å². The van der Waals surface area contributed by atoms with Crippen molar-refractivity contribution in [2.45, 2.75) is 44.0 Å². The van der Waals surface area contributed by atoms with Gasteiger partial charge in [-0.05, 0) is 57.0 Å². The second-order valence-electron chi connectivity index (χ2n) is 8.28. The fourth-order valence-electron chi connectivity index (χ4n) is 3.86. The van der Waals surface area contributed by atoms with E-state index in [1.807, 2.05) is 12.1 Å².